The van der Waals surface area contributed by atoms with Crippen LogP contribution in [-0.4, -0.2) is 30.1 Å². The third-order valence-corrected chi connectivity index (χ3v) is 7.18. The van der Waals surface area contributed by atoms with Crippen molar-refractivity contribution in [3.8, 4) is 23.0 Å². The summed E-state index contributed by atoms with van der Waals surface area (Å²) in [7, 11) is 1.45. The Labute approximate surface area is 274 Å². The number of rotatable bonds is 9. The Morgan fingerprint density at radius 1 is 0.646 bits per heavy atom. The van der Waals surface area contributed by atoms with Crippen molar-refractivity contribution in [3.05, 3.63) is 150 Å². The molecule has 0 spiro atoms. The molecule has 236 valence electrons. The molecule has 0 atom stereocenters. The lowest BCUT2D eigenvalue weighted by atomic mass is 10.0. The summed E-state index contributed by atoms with van der Waals surface area (Å²) < 4.78 is 16.4. The lowest BCUT2D eigenvalue weighted by Crippen LogP contribution is -2.11. The van der Waals surface area contributed by atoms with Crippen LogP contribution in [0.5, 0.6) is 23.0 Å². The molecule has 1 amide bonds. The summed E-state index contributed by atoms with van der Waals surface area (Å²) in [6.45, 7) is 0. The van der Waals surface area contributed by atoms with Gasteiger partial charge in [0.05, 0.1) is 12.7 Å². The van der Waals surface area contributed by atoms with Crippen LogP contribution in [0.4, 0.5) is 17.1 Å². The Bertz CT molecular complexity index is 2150. The first-order chi connectivity index (χ1) is 23.4. The predicted octanol–water partition coefficient (Wildman–Crippen LogP) is 8.66. The fourth-order valence-electron chi connectivity index (χ4n) is 4.80. The molecule has 6 aromatic carbocycles. The predicted molar refractivity (Wildman–Crippen MR) is 180 cm³/mol. The lowest BCUT2D eigenvalue weighted by molar-refractivity contribution is 0.0724. The number of aromatic hydroxyl groups is 1. The first-order valence-corrected chi connectivity index (χ1v) is 14.7. The van der Waals surface area contributed by atoms with Crippen LogP contribution in [0.1, 0.15) is 31.1 Å². The topological polar surface area (TPSA) is 136 Å². The van der Waals surface area contributed by atoms with E-state index in [1.807, 2.05) is 6.07 Å². The molecule has 10 heteroatoms. The Morgan fingerprint density at radius 2 is 1.25 bits per heavy atom. The summed E-state index contributed by atoms with van der Waals surface area (Å²) in [4.78, 5) is 39.3. The number of benzene rings is 6. The maximum atomic E-state index is 13.3. The van der Waals surface area contributed by atoms with Gasteiger partial charge in [-0.3, -0.25) is 4.79 Å². The number of hydrogen-bond donors (Lipinski definition) is 2. The van der Waals surface area contributed by atoms with Gasteiger partial charge in [-0.2, -0.15) is 0 Å². The number of hydrogen-bond acceptors (Lipinski definition) is 9. The molecule has 0 bridgehead atoms. The molecule has 0 aliphatic heterocycles. The number of phenolic OH excluding ortho intramolecular Hbond substituents is 1. The second kappa shape index (κ2) is 14.1. The molecule has 0 heterocycles. The molecule has 6 aromatic rings. The number of methoxy groups -OCH3 is 1. The second-order valence-corrected chi connectivity index (χ2v) is 10.4. The van der Waals surface area contributed by atoms with Gasteiger partial charge in [0.2, 0.25) is 0 Å². The number of anilines is 1. The molecule has 2 N–H and O–H groups in total. The molecule has 0 aromatic heterocycles. The zero-order chi connectivity index (χ0) is 33.5. The van der Waals surface area contributed by atoms with Crippen LogP contribution in [0.25, 0.3) is 10.8 Å². The number of amides is 1. The minimum Gasteiger partial charge on any atom is -0.505 e. The summed E-state index contributed by atoms with van der Waals surface area (Å²) in [5, 5.41) is 23.6. The Morgan fingerprint density at radius 3 is 1.90 bits per heavy atom. The number of azo groups is 1. The van der Waals surface area contributed by atoms with Crippen LogP contribution >= 0.6 is 0 Å². The van der Waals surface area contributed by atoms with Crippen molar-refractivity contribution in [2.75, 3.05) is 12.4 Å². The third-order valence-electron chi connectivity index (χ3n) is 7.18. The minimum absolute atomic E-state index is 0.0725. The van der Waals surface area contributed by atoms with Gasteiger partial charge >= 0.3 is 11.9 Å². The molecule has 6 rings (SSSR count). The highest BCUT2D eigenvalue weighted by Gasteiger charge is 2.22. The molecule has 0 saturated carbocycles. The minimum atomic E-state index is -0.855. The number of nitrogens with one attached hydrogen (secondary N) is 1. The van der Waals surface area contributed by atoms with E-state index >= 15 is 0 Å². The summed E-state index contributed by atoms with van der Waals surface area (Å²) >= 11 is 0. The molecule has 0 aliphatic carbocycles. The quantitative estimate of drug-likeness (QED) is 0.0920. The van der Waals surface area contributed by atoms with Crippen molar-refractivity contribution in [2.24, 2.45) is 10.2 Å². The number of fused-ring (bicyclic) bond motifs is 1. The zero-order valence-corrected chi connectivity index (χ0v) is 25.5. The van der Waals surface area contributed by atoms with Gasteiger partial charge in [-0.05, 0) is 78.2 Å². The molecular formula is C38H27N3O7. The van der Waals surface area contributed by atoms with Crippen LogP contribution in [0.2, 0.25) is 0 Å². The smallest absolute Gasteiger partial charge is 0.347 e. The van der Waals surface area contributed by atoms with Gasteiger partial charge in [-0.15, -0.1) is 10.2 Å². The van der Waals surface area contributed by atoms with E-state index in [4.69, 9.17) is 14.2 Å². The third kappa shape index (κ3) is 7.03. The van der Waals surface area contributed by atoms with Gasteiger partial charge in [0.1, 0.15) is 34.2 Å². The number of ether oxygens (including phenoxy) is 3. The molecule has 48 heavy (non-hydrogen) atoms. The van der Waals surface area contributed by atoms with E-state index in [0.717, 1.165) is 0 Å². The zero-order valence-electron chi connectivity index (χ0n) is 25.5. The largest absolute Gasteiger partial charge is 0.505 e. The van der Waals surface area contributed by atoms with Gasteiger partial charge < -0.3 is 24.6 Å². The van der Waals surface area contributed by atoms with E-state index in [-0.39, 0.29) is 39.7 Å². The van der Waals surface area contributed by atoms with Gasteiger partial charge in [-0.25, -0.2) is 9.59 Å². The van der Waals surface area contributed by atoms with Gasteiger partial charge in [0.25, 0.3) is 5.91 Å². The highest BCUT2D eigenvalue weighted by molar-refractivity contribution is 6.07. The molecular weight excluding hydrogens is 610 g/mol. The number of carbonyl (C=O) groups excluding carboxylic acids is 3. The monoisotopic (exact) mass is 637 g/mol. The SMILES string of the molecule is COc1ccc(C(=O)Nc2ccccc2)cc1N=Nc1c(O)c(C(=O)Oc2ccccc2)cc2cc(C(=O)Oc3ccccc3)ccc12. The van der Waals surface area contributed by atoms with Crippen LogP contribution in [0, 0.1) is 0 Å². The van der Waals surface area contributed by atoms with Crippen molar-refractivity contribution < 1.29 is 33.7 Å². The van der Waals surface area contributed by atoms with Gasteiger partial charge in [0.15, 0.2) is 5.75 Å². The van der Waals surface area contributed by atoms with Crippen molar-refractivity contribution >= 4 is 45.7 Å². The highest BCUT2D eigenvalue weighted by Crippen LogP contribution is 2.41. The Balaban J connectivity index is 1.40. The number of phenols is 1. The van der Waals surface area contributed by atoms with E-state index in [1.54, 1.807) is 103 Å². The van der Waals surface area contributed by atoms with Crippen molar-refractivity contribution in [1.82, 2.24) is 0 Å². The molecule has 10 nitrogen and oxygen atoms in total. The molecule has 0 aliphatic rings. The maximum absolute atomic E-state index is 13.3. The normalized spacial score (nSPS) is 10.9. The second-order valence-electron chi connectivity index (χ2n) is 10.4. The van der Waals surface area contributed by atoms with Gasteiger partial charge in [-0.1, -0.05) is 60.7 Å². The van der Waals surface area contributed by atoms with Crippen LogP contribution in [-0.2, 0) is 0 Å². The fourth-order valence-corrected chi connectivity index (χ4v) is 4.80. The summed E-state index contributed by atoms with van der Waals surface area (Å²) in [5.74, 6) is -1.42. The number of esters is 2. The van der Waals surface area contributed by atoms with Crippen molar-refractivity contribution in [1.29, 1.82) is 0 Å². The van der Waals surface area contributed by atoms with E-state index in [1.165, 1.54) is 31.4 Å². The van der Waals surface area contributed by atoms with E-state index in [2.05, 4.69) is 15.5 Å². The summed E-state index contributed by atoms with van der Waals surface area (Å²) in [5.41, 5.74) is 0.995. The lowest BCUT2D eigenvalue weighted by Gasteiger charge is -2.12. The molecule has 0 saturated heterocycles. The number of carbonyl (C=O) groups is 3. The van der Waals surface area contributed by atoms with E-state index in [0.29, 0.717) is 28.0 Å². The van der Waals surface area contributed by atoms with Gasteiger partial charge in [0, 0.05) is 16.6 Å². The highest BCUT2D eigenvalue weighted by atomic mass is 16.5. The molecule has 0 unspecified atom stereocenters. The standard InChI is InChI=1S/C38H27N3O7/c1-46-33-20-18-24(36(43)39-27-11-5-2-6-12-27)23-32(33)40-41-34-30-19-17-25(37(44)47-28-13-7-3-8-14-28)21-26(30)22-31(35(34)42)38(45)48-29-15-9-4-10-16-29/h2-23,42H,1H3,(H,39,43). The fraction of sp³-hybridized carbons (Fsp3) is 0.0263. The number of para-hydroxylation sites is 3. The van der Waals surface area contributed by atoms with Crippen molar-refractivity contribution in [3.63, 3.8) is 0 Å². The maximum Gasteiger partial charge on any atom is 0.347 e. The van der Waals surface area contributed by atoms with E-state index in [9.17, 15) is 19.5 Å². The van der Waals surface area contributed by atoms with Crippen LogP contribution < -0.4 is 19.5 Å². The van der Waals surface area contributed by atoms with Crippen LogP contribution in [0.15, 0.2) is 144 Å². The molecule has 0 radical (unpaired) electrons. The summed E-state index contributed by atoms with van der Waals surface area (Å²) in [6, 6.07) is 36.6. The first-order valence-electron chi connectivity index (χ1n) is 14.7. The Kier molecular flexibility index (Phi) is 9.15. The average molecular weight is 638 g/mol. The summed E-state index contributed by atoms with van der Waals surface area (Å²) in [6.07, 6.45) is 0. The number of nitrogens with zero attached hydrogens (tertiary/aromatic N) is 2. The van der Waals surface area contributed by atoms with Crippen molar-refractivity contribution in [2.45, 2.75) is 0 Å². The van der Waals surface area contributed by atoms with E-state index < -0.39 is 17.7 Å². The first kappa shape index (κ1) is 31.2. The average Bonchev–Trinajstić information content (AvgIpc) is 3.12. The Hall–Kier alpha value is -6.81. The van der Waals surface area contributed by atoms with Crippen LogP contribution in [0.3, 0.4) is 0 Å². The molecule has 0 fully saturated rings.